The highest BCUT2D eigenvalue weighted by Gasteiger charge is 2.35. The van der Waals surface area contributed by atoms with Crippen molar-refractivity contribution in [2.45, 2.75) is 43.5 Å². The summed E-state index contributed by atoms with van der Waals surface area (Å²) in [7, 11) is -2.24. The molecule has 1 aromatic rings. The van der Waals surface area contributed by atoms with Gasteiger partial charge in [0.2, 0.25) is 15.9 Å². The Kier molecular flexibility index (Phi) is 8.82. The van der Waals surface area contributed by atoms with Crippen LogP contribution in [0.15, 0.2) is 23.1 Å². The Labute approximate surface area is 161 Å². The first-order valence-electron chi connectivity index (χ1n) is 8.53. The van der Waals surface area contributed by atoms with Gasteiger partial charge in [0.25, 0.3) is 0 Å². The molecule has 1 fully saturated rings. The second-order valence-corrected chi connectivity index (χ2v) is 8.12. The van der Waals surface area contributed by atoms with Gasteiger partial charge in [-0.3, -0.25) is 4.79 Å². The molecule has 1 aromatic carbocycles. The highest BCUT2D eigenvalue weighted by Crippen LogP contribution is 2.31. The third-order valence-electron chi connectivity index (χ3n) is 4.39. The van der Waals surface area contributed by atoms with E-state index in [-0.39, 0.29) is 42.2 Å². The Morgan fingerprint density at radius 3 is 2.77 bits per heavy atom. The van der Waals surface area contributed by atoms with Gasteiger partial charge in [-0.1, -0.05) is 12.5 Å². The van der Waals surface area contributed by atoms with Crippen LogP contribution in [0.4, 0.5) is 0 Å². The molecular formula is C17H28ClN3O4S. The maximum Gasteiger partial charge on any atom is 0.247 e. The van der Waals surface area contributed by atoms with Crippen molar-refractivity contribution in [1.29, 1.82) is 0 Å². The van der Waals surface area contributed by atoms with E-state index in [0.29, 0.717) is 18.8 Å². The maximum absolute atomic E-state index is 13.2. The molecule has 9 heteroatoms. The average molecular weight is 406 g/mol. The second kappa shape index (κ2) is 10.1. The highest BCUT2D eigenvalue weighted by atomic mass is 35.5. The standard InChI is InChI=1S/C17H27N3O4S.ClH/c1-13-6-7-15(24-2)16(11-13)25(22,23)20-10-4-3-5-14(20)12-19-17(21)8-9-18;/h6-7,11,14H,3-5,8-10,12,18H2,1-2H3,(H,19,21);1H. The molecule has 0 bridgehead atoms. The zero-order chi connectivity index (χ0) is 18.4. The van der Waals surface area contributed by atoms with Crippen LogP contribution < -0.4 is 15.8 Å². The molecule has 148 valence electrons. The van der Waals surface area contributed by atoms with Gasteiger partial charge in [-0.2, -0.15) is 4.31 Å². The van der Waals surface area contributed by atoms with E-state index in [2.05, 4.69) is 5.32 Å². The van der Waals surface area contributed by atoms with E-state index in [1.807, 2.05) is 13.0 Å². The molecule has 0 aliphatic carbocycles. The lowest BCUT2D eigenvalue weighted by Crippen LogP contribution is -2.49. The largest absolute Gasteiger partial charge is 0.495 e. The van der Waals surface area contributed by atoms with E-state index >= 15 is 0 Å². The van der Waals surface area contributed by atoms with Crippen molar-refractivity contribution in [1.82, 2.24) is 9.62 Å². The summed E-state index contributed by atoms with van der Waals surface area (Å²) in [5, 5.41) is 2.79. The number of nitrogens with one attached hydrogen (secondary N) is 1. The summed E-state index contributed by atoms with van der Waals surface area (Å²) in [6.45, 7) is 2.86. The molecule has 1 saturated heterocycles. The molecular weight excluding hydrogens is 378 g/mol. The molecule has 7 nitrogen and oxygen atoms in total. The van der Waals surface area contributed by atoms with Crippen LogP contribution in [-0.2, 0) is 14.8 Å². The Morgan fingerprint density at radius 1 is 1.38 bits per heavy atom. The summed E-state index contributed by atoms with van der Waals surface area (Å²) in [5.41, 5.74) is 6.23. The van der Waals surface area contributed by atoms with Crippen LogP contribution in [-0.4, -0.2) is 51.4 Å². The van der Waals surface area contributed by atoms with E-state index in [4.69, 9.17) is 10.5 Å². The van der Waals surface area contributed by atoms with Crippen molar-refractivity contribution in [3.8, 4) is 5.75 Å². The molecule has 0 spiro atoms. The molecule has 1 aliphatic heterocycles. The van der Waals surface area contributed by atoms with Gasteiger partial charge in [-0.15, -0.1) is 12.4 Å². The summed E-state index contributed by atoms with van der Waals surface area (Å²) in [4.78, 5) is 11.9. The van der Waals surface area contributed by atoms with Crippen LogP contribution >= 0.6 is 12.4 Å². The van der Waals surface area contributed by atoms with Gasteiger partial charge in [0, 0.05) is 32.1 Å². The predicted molar refractivity (Wildman–Crippen MR) is 103 cm³/mol. The third-order valence-corrected chi connectivity index (χ3v) is 6.36. The minimum absolute atomic E-state index is 0. The number of carbonyl (C=O) groups excluding carboxylic acids is 1. The molecule has 1 unspecified atom stereocenters. The third kappa shape index (κ3) is 5.33. The number of benzene rings is 1. The quantitative estimate of drug-likeness (QED) is 0.714. The van der Waals surface area contributed by atoms with Gasteiger partial charge < -0.3 is 15.8 Å². The zero-order valence-corrected chi connectivity index (χ0v) is 16.9. The molecule has 2 rings (SSSR count). The number of ether oxygens (including phenoxy) is 1. The molecule has 0 saturated carbocycles. The van der Waals surface area contributed by atoms with Crippen molar-refractivity contribution >= 4 is 28.3 Å². The fourth-order valence-corrected chi connectivity index (χ4v) is 4.99. The van der Waals surface area contributed by atoms with E-state index in [1.54, 1.807) is 12.1 Å². The Hall–Kier alpha value is -1.35. The lowest BCUT2D eigenvalue weighted by Gasteiger charge is -2.35. The van der Waals surface area contributed by atoms with Crippen molar-refractivity contribution in [2.75, 3.05) is 26.7 Å². The summed E-state index contributed by atoms with van der Waals surface area (Å²) in [6.07, 6.45) is 2.70. The van der Waals surface area contributed by atoms with Crippen LogP contribution in [0.1, 0.15) is 31.2 Å². The average Bonchev–Trinajstić information content (AvgIpc) is 2.60. The van der Waals surface area contributed by atoms with Crippen LogP contribution in [0.2, 0.25) is 0 Å². The second-order valence-electron chi connectivity index (χ2n) is 6.26. The number of nitrogens with two attached hydrogens (primary N) is 1. The van der Waals surface area contributed by atoms with Gasteiger partial charge in [-0.05, 0) is 37.5 Å². The van der Waals surface area contributed by atoms with E-state index in [0.717, 1.165) is 24.8 Å². The SMILES string of the molecule is COc1ccc(C)cc1S(=O)(=O)N1CCCCC1CNC(=O)CCN.Cl. The normalized spacial score (nSPS) is 18.0. The zero-order valence-electron chi connectivity index (χ0n) is 15.2. The fourth-order valence-electron chi connectivity index (χ4n) is 3.06. The molecule has 3 N–H and O–H groups in total. The van der Waals surface area contributed by atoms with Gasteiger partial charge in [0.05, 0.1) is 7.11 Å². The number of hydrogen-bond acceptors (Lipinski definition) is 5. The topological polar surface area (TPSA) is 102 Å². The van der Waals surface area contributed by atoms with E-state index < -0.39 is 10.0 Å². The van der Waals surface area contributed by atoms with E-state index in [1.165, 1.54) is 11.4 Å². The van der Waals surface area contributed by atoms with E-state index in [9.17, 15) is 13.2 Å². The van der Waals surface area contributed by atoms with Crippen molar-refractivity contribution in [2.24, 2.45) is 5.73 Å². The predicted octanol–water partition coefficient (Wildman–Crippen LogP) is 1.43. The van der Waals surface area contributed by atoms with Crippen molar-refractivity contribution in [3.05, 3.63) is 23.8 Å². The highest BCUT2D eigenvalue weighted by molar-refractivity contribution is 7.89. The van der Waals surface area contributed by atoms with Crippen LogP contribution in [0.3, 0.4) is 0 Å². The lowest BCUT2D eigenvalue weighted by atomic mass is 10.1. The summed E-state index contributed by atoms with van der Waals surface area (Å²) in [6, 6.07) is 4.86. The van der Waals surface area contributed by atoms with Gasteiger partial charge in [0.15, 0.2) is 0 Å². The maximum atomic E-state index is 13.2. The summed E-state index contributed by atoms with van der Waals surface area (Å²) >= 11 is 0. The number of carbonyl (C=O) groups is 1. The Morgan fingerprint density at radius 2 is 2.12 bits per heavy atom. The lowest BCUT2D eigenvalue weighted by molar-refractivity contribution is -0.121. The number of hydrogen-bond donors (Lipinski definition) is 2. The molecule has 1 heterocycles. The molecule has 1 atom stereocenters. The molecule has 0 radical (unpaired) electrons. The number of rotatable bonds is 7. The van der Waals surface area contributed by atoms with Gasteiger partial charge in [-0.25, -0.2) is 8.42 Å². The minimum Gasteiger partial charge on any atom is -0.495 e. The Balaban J connectivity index is 0.00000338. The number of sulfonamides is 1. The van der Waals surface area contributed by atoms with Crippen molar-refractivity contribution < 1.29 is 17.9 Å². The first-order valence-corrected chi connectivity index (χ1v) is 9.97. The molecule has 26 heavy (non-hydrogen) atoms. The number of amides is 1. The molecule has 1 aliphatic rings. The number of methoxy groups -OCH3 is 1. The van der Waals surface area contributed by atoms with Crippen LogP contribution in [0.5, 0.6) is 5.75 Å². The van der Waals surface area contributed by atoms with Gasteiger partial charge in [0.1, 0.15) is 10.6 Å². The number of aryl methyl sites for hydroxylation is 1. The fraction of sp³-hybridized carbons (Fsp3) is 0.588. The first kappa shape index (κ1) is 22.7. The minimum atomic E-state index is -3.70. The summed E-state index contributed by atoms with van der Waals surface area (Å²) in [5.74, 6) is 0.181. The smallest absolute Gasteiger partial charge is 0.247 e. The number of nitrogens with zero attached hydrogens (tertiary/aromatic N) is 1. The molecule has 0 aromatic heterocycles. The first-order chi connectivity index (χ1) is 11.9. The monoisotopic (exact) mass is 405 g/mol. The summed E-state index contributed by atoms with van der Waals surface area (Å²) < 4.78 is 33.2. The number of halogens is 1. The Bertz CT molecular complexity index is 712. The van der Waals surface area contributed by atoms with Crippen LogP contribution in [0.25, 0.3) is 0 Å². The molecule has 1 amide bonds. The number of piperidine rings is 1. The van der Waals surface area contributed by atoms with Crippen molar-refractivity contribution in [3.63, 3.8) is 0 Å². The van der Waals surface area contributed by atoms with Gasteiger partial charge >= 0.3 is 0 Å². The van der Waals surface area contributed by atoms with Crippen LogP contribution in [0, 0.1) is 6.92 Å².